The molecule has 15 heavy (non-hydrogen) atoms. The summed E-state index contributed by atoms with van der Waals surface area (Å²) >= 11 is 0. The second-order valence-corrected chi connectivity index (χ2v) is 3.52. The summed E-state index contributed by atoms with van der Waals surface area (Å²) in [4.78, 5) is 2.11. The van der Waals surface area contributed by atoms with Gasteiger partial charge >= 0.3 is 7.12 Å². The van der Waals surface area contributed by atoms with Gasteiger partial charge in [0.15, 0.2) is 0 Å². The van der Waals surface area contributed by atoms with Crippen LogP contribution in [0.2, 0.25) is 0 Å². The molecule has 1 saturated heterocycles. The molecule has 0 spiro atoms. The van der Waals surface area contributed by atoms with Crippen molar-refractivity contribution in [3.63, 3.8) is 0 Å². The van der Waals surface area contributed by atoms with E-state index >= 15 is 0 Å². The third-order valence-electron chi connectivity index (χ3n) is 2.47. The van der Waals surface area contributed by atoms with Crippen LogP contribution in [0, 0.1) is 0 Å². The first-order valence-corrected chi connectivity index (χ1v) is 4.91. The van der Waals surface area contributed by atoms with Crippen LogP contribution in [0.15, 0.2) is 6.07 Å². The van der Waals surface area contributed by atoms with Crippen LogP contribution in [0.3, 0.4) is 0 Å². The monoisotopic (exact) mass is 211 g/mol. The molecule has 1 aromatic heterocycles. The Labute approximate surface area is 88.2 Å². The van der Waals surface area contributed by atoms with Gasteiger partial charge in [-0.25, -0.2) is 0 Å². The smallest absolute Gasteiger partial charge is 0.422 e. The Morgan fingerprint density at radius 3 is 2.60 bits per heavy atom. The summed E-state index contributed by atoms with van der Waals surface area (Å²) < 4.78 is 6.90. The molecular formula is C8H14BN3O3. The molecule has 6 nitrogen and oxygen atoms in total. The molecule has 0 saturated carbocycles. The lowest BCUT2D eigenvalue weighted by Crippen LogP contribution is -2.37. The minimum absolute atomic E-state index is 0.277. The molecule has 2 heterocycles. The highest BCUT2D eigenvalue weighted by molar-refractivity contribution is 6.57. The van der Waals surface area contributed by atoms with Crippen molar-refractivity contribution in [1.29, 1.82) is 0 Å². The second kappa shape index (κ2) is 4.22. The number of rotatable bonds is 2. The molecule has 0 aliphatic carbocycles. The van der Waals surface area contributed by atoms with Gasteiger partial charge in [-0.05, 0) is 0 Å². The van der Waals surface area contributed by atoms with Crippen LogP contribution in [0.4, 0.5) is 5.82 Å². The van der Waals surface area contributed by atoms with Gasteiger partial charge in [-0.2, -0.15) is 5.10 Å². The van der Waals surface area contributed by atoms with E-state index in [-0.39, 0.29) is 5.59 Å². The zero-order valence-corrected chi connectivity index (χ0v) is 8.63. The first kappa shape index (κ1) is 10.5. The van der Waals surface area contributed by atoms with Gasteiger partial charge in [0.25, 0.3) is 0 Å². The number of morpholine rings is 1. The van der Waals surface area contributed by atoms with Crippen molar-refractivity contribution in [3.8, 4) is 0 Å². The number of nitrogens with zero attached hydrogens (tertiary/aromatic N) is 3. The molecule has 1 aromatic rings. The van der Waals surface area contributed by atoms with Gasteiger partial charge in [-0.1, -0.05) is 0 Å². The Balaban J connectivity index is 2.19. The lowest BCUT2D eigenvalue weighted by molar-refractivity contribution is 0.122. The Bertz CT molecular complexity index is 336. The van der Waals surface area contributed by atoms with Crippen LogP contribution >= 0.6 is 0 Å². The van der Waals surface area contributed by atoms with Crippen LogP contribution in [-0.4, -0.2) is 53.3 Å². The van der Waals surface area contributed by atoms with E-state index in [2.05, 4.69) is 10.00 Å². The van der Waals surface area contributed by atoms with Crippen molar-refractivity contribution in [2.24, 2.45) is 7.05 Å². The molecular weight excluding hydrogens is 197 g/mol. The Hall–Kier alpha value is -1.05. The van der Waals surface area contributed by atoms with E-state index in [0.717, 1.165) is 18.9 Å². The van der Waals surface area contributed by atoms with Crippen LogP contribution in [0.25, 0.3) is 0 Å². The van der Waals surface area contributed by atoms with E-state index in [9.17, 15) is 0 Å². The molecule has 1 fully saturated rings. The fourth-order valence-electron chi connectivity index (χ4n) is 1.69. The van der Waals surface area contributed by atoms with E-state index in [1.165, 1.54) is 0 Å². The van der Waals surface area contributed by atoms with E-state index in [0.29, 0.717) is 13.2 Å². The average Bonchev–Trinajstić information content (AvgIpc) is 2.62. The number of aromatic nitrogens is 2. The zero-order valence-electron chi connectivity index (χ0n) is 8.63. The Morgan fingerprint density at radius 1 is 1.40 bits per heavy atom. The summed E-state index contributed by atoms with van der Waals surface area (Å²) in [5, 5.41) is 22.0. The molecule has 0 amide bonds. The maximum atomic E-state index is 9.00. The number of anilines is 1. The molecule has 2 N–H and O–H groups in total. The molecule has 0 aromatic carbocycles. The van der Waals surface area contributed by atoms with Crippen molar-refractivity contribution in [1.82, 2.24) is 9.78 Å². The fraction of sp³-hybridized carbons (Fsp3) is 0.625. The normalized spacial score (nSPS) is 16.9. The lowest BCUT2D eigenvalue weighted by Gasteiger charge is -2.28. The lowest BCUT2D eigenvalue weighted by atomic mass is 9.87. The third kappa shape index (κ3) is 2.14. The first-order chi connectivity index (χ1) is 7.18. The molecule has 0 atom stereocenters. The average molecular weight is 211 g/mol. The molecule has 1 aliphatic heterocycles. The van der Waals surface area contributed by atoms with E-state index in [1.54, 1.807) is 17.8 Å². The SMILES string of the molecule is Cn1nc(B(O)O)cc1N1CCOCC1. The first-order valence-electron chi connectivity index (χ1n) is 4.91. The Morgan fingerprint density at radius 2 is 2.07 bits per heavy atom. The van der Waals surface area contributed by atoms with Gasteiger partial charge in [0, 0.05) is 26.2 Å². The van der Waals surface area contributed by atoms with Crippen molar-refractivity contribution in [3.05, 3.63) is 6.07 Å². The molecule has 82 valence electrons. The largest absolute Gasteiger partial charge is 0.510 e. The van der Waals surface area contributed by atoms with E-state index < -0.39 is 7.12 Å². The molecule has 0 bridgehead atoms. The summed E-state index contributed by atoms with van der Waals surface area (Å²) in [6.45, 7) is 3.01. The molecule has 0 radical (unpaired) electrons. The van der Waals surface area contributed by atoms with Crippen LogP contribution in [0.1, 0.15) is 0 Å². The predicted octanol–water partition coefficient (Wildman–Crippen LogP) is -2.06. The standard InChI is InChI=1S/C8H14BN3O3/c1-11-8(6-7(10-11)9(13)14)12-2-4-15-5-3-12/h6,13-14H,2-5H2,1H3. The van der Waals surface area contributed by atoms with Crippen molar-refractivity contribution in [2.75, 3.05) is 31.2 Å². The van der Waals surface area contributed by atoms with Gasteiger partial charge in [0.1, 0.15) is 5.82 Å². The summed E-state index contributed by atoms with van der Waals surface area (Å²) in [5.41, 5.74) is 0.277. The van der Waals surface area contributed by atoms with Crippen LogP contribution in [0.5, 0.6) is 0 Å². The predicted molar refractivity (Wildman–Crippen MR) is 56.1 cm³/mol. The van der Waals surface area contributed by atoms with Gasteiger partial charge in [0.2, 0.25) is 0 Å². The Kier molecular flexibility index (Phi) is 2.94. The third-order valence-corrected chi connectivity index (χ3v) is 2.47. The number of aryl methyl sites for hydroxylation is 1. The fourth-order valence-corrected chi connectivity index (χ4v) is 1.69. The summed E-state index contributed by atoms with van der Waals surface area (Å²) in [5.74, 6) is 0.890. The highest BCUT2D eigenvalue weighted by Crippen LogP contribution is 2.12. The zero-order chi connectivity index (χ0) is 10.8. The number of hydrogen-bond donors (Lipinski definition) is 2. The highest BCUT2D eigenvalue weighted by Gasteiger charge is 2.21. The topological polar surface area (TPSA) is 70.8 Å². The molecule has 0 unspecified atom stereocenters. The maximum absolute atomic E-state index is 9.00. The maximum Gasteiger partial charge on any atom is 0.510 e. The van der Waals surface area contributed by atoms with Crippen LogP contribution in [-0.2, 0) is 11.8 Å². The van der Waals surface area contributed by atoms with Crippen molar-refractivity contribution < 1.29 is 14.8 Å². The summed E-state index contributed by atoms with van der Waals surface area (Å²) in [7, 11) is 0.280. The second-order valence-electron chi connectivity index (χ2n) is 3.52. The molecule has 7 heteroatoms. The minimum Gasteiger partial charge on any atom is -0.422 e. The summed E-state index contributed by atoms with van der Waals surface area (Å²) in [6.07, 6.45) is 0. The van der Waals surface area contributed by atoms with Gasteiger partial charge in [-0.15, -0.1) is 0 Å². The number of hydrogen-bond acceptors (Lipinski definition) is 5. The van der Waals surface area contributed by atoms with E-state index in [1.807, 2.05) is 0 Å². The van der Waals surface area contributed by atoms with Gasteiger partial charge in [0.05, 0.1) is 18.8 Å². The van der Waals surface area contributed by atoms with Crippen molar-refractivity contribution in [2.45, 2.75) is 0 Å². The quantitative estimate of drug-likeness (QED) is 0.550. The molecule has 1 aliphatic rings. The highest BCUT2D eigenvalue weighted by atomic mass is 16.5. The van der Waals surface area contributed by atoms with Crippen molar-refractivity contribution >= 4 is 18.5 Å². The number of ether oxygens (including phenoxy) is 1. The molecule has 2 rings (SSSR count). The minimum atomic E-state index is -1.51. The van der Waals surface area contributed by atoms with Crippen LogP contribution < -0.4 is 10.5 Å². The van der Waals surface area contributed by atoms with Gasteiger partial charge in [-0.3, -0.25) is 4.68 Å². The van der Waals surface area contributed by atoms with E-state index in [4.69, 9.17) is 14.8 Å². The summed E-state index contributed by atoms with van der Waals surface area (Å²) in [6, 6.07) is 1.69. The van der Waals surface area contributed by atoms with Gasteiger partial charge < -0.3 is 19.7 Å².